The van der Waals surface area contributed by atoms with E-state index in [-0.39, 0.29) is 17.1 Å². The molecule has 25 heavy (non-hydrogen) atoms. The number of ether oxygens (including phenoxy) is 1. The van der Waals surface area contributed by atoms with Gasteiger partial charge in [-0.15, -0.1) is 0 Å². The second-order valence-electron chi connectivity index (χ2n) is 5.14. The molecule has 7 N–H and O–H groups in total. The number of nitrogens with one attached hydrogen (secondary N) is 3. The monoisotopic (exact) mass is 345 g/mol. The first-order chi connectivity index (χ1) is 11.9. The second-order valence-corrected chi connectivity index (χ2v) is 5.14. The molecule has 4 amide bonds. The van der Waals surface area contributed by atoms with Crippen LogP contribution in [0.4, 0.5) is 15.4 Å². The molecule has 0 atom stereocenters. The lowest BCUT2D eigenvalue weighted by Crippen LogP contribution is -2.27. The Morgan fingerprint density at radius 2 is 1.92 bits per heavy atom. The minimum absolute atomic E-state index is 0.0547. The van der Waals surface area contributed by atoms with Crippen LogP contribution in [0.1, 0.15) is 23.7 Å². The molecule has 0 fully saturated rings. The fraction of sp³-hybridized carbons (Fsp3) is 0.188. The summed E-state index contributed by atoms with van der Waals surface area (Å²) in [6.45, 7) is 2.41. The highest BCUT2D eigenvalue weighted by Crippen LogP contribution is 2.32. The quantitative estimate of drug-likeness (QED) is 0.541. The Balaban J connectivity index is 2.37. The molecule has 2 rings (SSSR count). The van der Waals surface area contributed by atoms with E-state index in [0.717, 1.165) is 6.42 Å². The predicted octanol–water partition coefficient (Wildman–Crippen LogP) is 1.77. The van der Waals surface area contributed by atoms with Gasteiger partial charge in [0.2, 0.25) is 0 Å². The number of para-hydroxylation sites is 1. The molecule has 1 aromatic heterocycles. The van der Waals surface area contributed by atoms with E-state index in [2.05, 4.69) is 15.6 Å². The first-order valence-corrected chi connectivity index (χ1v) is 7.56. The van der Waals surface area contributed by atoms with Crippen molar-refractivity contribution >= 4 is 23.8 Å². The van der Waals surface area contributed by atoms with E-state index in [4.69, 9.17) is 16.2 Å². The Labute approximate surface area is 143 Å². The third kappa shape index (κ3) is 4.50. The molecule has 2 aromatic rings. The molecule has 0 unspecified atom stereocenters. The molecule has 9 heteroatoms. The van der Waals surface area contributed by atoms with Crippen LogP contribution in [0.25, 0.3) is 11.3 Å². The smallest absolute Gasteiger partial charge is 0.410 e. The van der Waals surface area contributed by atoms with Crippen molar-refractivity contribution in [3.05, 3.63) is 35.9 Å². The number of aromatic nitrogens is 1. The standard InChI is InChI=1S/C16H19N5O4/c1-2-7-19-16(24)25-12-6-4-3-5-9(12)11-8-10(13(17)22)14(20-11)21-15(18)23/h3-6,8,20H,2,7H2,1H3,(H2,17,22)(H,19,24)(H3,18,21,23). The molecule has 132 valence electrons. The average Bonchev–Trinajstić information content (AvgIpc) is 2.96. The first kappa shape index (κ1) is 17.9. The zero-order valence-corrected chi connectivity index (χ0v) is 13.6. The number of H-pyrrole nitrogens is 1. The summed E-state index contributed by atoms with van der Waals surface area (Å²) in [7, 11) is 0. The molecule has 1 heterocycles. The number of urea groups is 1. The molecular weight excluding hydrogens is 326 g/mol. The van der Waals surface area contributed by atoms with Crippen molar-refractivity contribution in [1.82, 2.24) is 10.3 Å². The maximum atomic E-state index is 11.8. The lowest BCUT2D eigenvalue weighted by Gasteiger charge is -2.09. The van der Waals surface area contributed by atoms with Crippen LogP contribution in [0.15, 0.2) is 30.3 Å². The second kappa shape index (κ2) is 7.86. The summed E-state index contributed by atoms with van der Waals surface area (Å²) in [5, 5.41) is 4.90. The molecule has 0 spiro atoms. The van der Waals surface area contributed by atoms with Crippen molar-refractivity contribution in [2.24, 2.45) is 11.5 Å². The number of primary amides is 2. The lowest BCUT2D eigenvalue weighted by molar-refractivity contribution is 0.100. The molecule has 0 aliphatic rings. The van der Waals surface area contributed by atoms with Gasteiger partial charge in [0.1, 0.15) is 11.6 Å². The van der Waals surface area contributed by atoms with E-state index in [9.17, 15) is 14.4 Å². The maximum absolute atomic E-state index is 11.8. The van der Waals surface area contributed by atoms with Gasteiger partial charge in [-0.05, 0) is 24.6 Å². The Bertz CT molecular complexity index is 800. The highest BCUT2D eigenvalue weighted by Gasteiger charge is 2.18. The topological polar surface area (TPSA) is 152 Å². The van der Waals surface area contributed by atoms with Gasteiger partial charge in [-0.25, -0.2) is 9.59 Å². The highest BCUT2D eigenvalue weighted by molar-refractivity contribution is 6.03. The van der Waals surface area contributed by atoms with E-state index in [0.29, 0.717) is 17.8 Å². The van der Waals surface area contributed by atoms with Gasteiger partial charge in [-0.3, -0.25) is 10.1 Å². The van der Waals surface area contributed by atoms with Crippen LogP contribution in [0, 0.1) is 0 Å². The molecular formula is C16H19N5O4. The van der Waals surface area contributed by atoms with E-state index in [1.165, 1.54) is 6.07 Å². The third-order valence-electron chi connectivity index (χ3n) is 3.23. The summed E-state index contributed by atoms with van der Waals surface area (Å²) in [5.41, 5.74) is 11.4. The highest BCUT2D eigenvalue weighted by atomic mass is 16.6. The Morgan fingerprint density at radius 3 is 2.56 bits per heavy atom. The Kier molecular flexibility index (Phi) is 5.62. The van der Waals surface area contributed by atoms with Gasteiger partial charge in [-0.2, -0.15) is 0 Å². The van der Waals surface area contributed by atoms with Gasteiger partial charge in [-0.1, -0.05) is 19.1 Å². The van der Waals surface area contributed by atoms with Gasteiger partial charge in [0.15, 0.2) is 0 Å². The molecule has 9 nitrogen and oxygen atoms in total. The molecule has 1 aromatic carbocycles. The van der Waals surface area contributed by atoms with Crippen LogP contribution in [-0.4, -0.2) is 29.6 Å². The average molecular weight is 345 g/mol. The summed E-state index contributed by atoms with van der Waals surface area (Å²) < 4.78 is 5.29. The maximum Gasteiger partial charge on any atom is 0.412 e. The Morgan fingerprint density at radius 1 is 1.20 bits per heavy atom. The van der Waals surface area contributed by atoms with E-state index in [1.54, 1.807) is 24.3 Å². The minimum atomic E-state index is -0.848. The van der Waals surface area contributed by atoms with Gasteiger partial charge in [0.05, 0.1) is 11.3 Å². The number of rotatable bonds is 6. The summed E-state index contributed by atoms with van der Waals surface area (Å²) in [6, 6.07) is 7.32. The SMILES string of the molecule is CCCNC(=O)Oc1ccccc1-c1cc(C(N)=O)c(NC(N)=O)[nH]1. The molecule has 0 saturated carbocycles. The number of carbonyl (C=O) groups is 3. The van der Waals surface area contributed by atoms with Crippen LogP contribution in [-0.2, 0) is 0 Å². The summed E-state index contributed by atoms with van der Waals surface area (Å²) >= 11 is 0. The number of anilines is 1. The Hall–Kier alpha value is -3.49. The predicted molar refractivity (Wildman–Crippen MR) is 92.3 cm³/mol. The normalized spacial score (nSPS) is 10.1. The van der Waals surface area contributed by atoms with Gasteiger partial charge >= 0.3 is 12.1 Å². The summed E-state index contributed by atoms with van der Waals surface area (Å²) in [6.07, 6.45) is 0.184. The number of benzene rings is 1. The number of nitrogens with two attached hydrogens (primary N) is 2. The van der Waals surface area contributed by atoms with Gasteiger partial charge < -0.3 is 26.5 Å². The molecule has 0 bridgehead atoms. The number of hydrogen-bond acceptors (Lipinski definition) is 4. The van der Waals surface area contributed by atoms with Crippen molar-refractivity contribution < 1.29 is 19.1 Å². The van der Waals surface area contributed by atoms with E-state index in [1.807, 2.05) is 6.92 Å². The minimum Gasteiger partial charge on any atom is -0.410 e. The van der Waals surface area contributed by atoms with Crippen LogP contribution >= 0.6 is 0 Å². The van der Waals surface area contributed by atoms with E-state index >= 15 is 0 Å². The van der Waals surface area contributed by atoms with Crippen molar-refractivity contribution in [1.29, 1.82) is 0 Å². The zero-order chi connectivity index (χ0) is 18.4. The third-order valence-corrected chi connectivity index (χ3v) is 3.23. The fourth-order valence-corrected chi connectivity index (χ4v) is 2.16. The van der Waals surface area contributed by atoms with Crippen LogP contribution < -0.4 is 26.8 Å². The zero-order valence-electron chi connectivity index (χ0n) is 13.6. The van der Waals surface area contributed by atoms with Crippen molar-refractivity contribution in [2.45, 2.75) is 13.3 Å². The van der Waals surface area contributed by atoms with Crippen LogP contribution in [0.2, 0.25) is 0 Å². The largest absolute Gasteiger partial charge is 0.412 e. The van der Waals surface area contributed by atoms with Crippen molar-refractivity contribution in [3.8, 4) is 17.0 Å². The first-order valence-electron chi connectivity index (χ1n) is 7.56. The summed E-state index contributed by atoms with van der Waals surface area (Å²) in [4.78, 5) is 37.2. The van der Waals surface area contributed by atoms with Crippen molar-refractivity contribution in [3.63, 3.8) is 0 Å². The molecule has 0 aliphatic heterocycles. The van der Waals surface area contributed by atoms with Gasteiger partial charge in [0, 0.05) is 12.1 Å². The molecule has 0 radical (unpaired) electrons. The van der Waals surface area contributed by atoms with Crippen molar-refractivity contribution in [2.75, 3.05) is 11.9 Å². The van der Waals surface area contributed by atoms with Gasteiger partial charge in [0.25, 0.3) is 5.91 Å². The number of carbonyl (C=O) groups excluding carboxylic acids is 3. The lowest BCUT2D eigenvalue weighted by atomic mass is 10.1. The van der Waals surface area contributed by atoms with Crippen LogP contribution in [0.3, 0.4) is 0 Å². The molecule has 0 aliphatic carbocycles. The summed E-state index contributed by atoms with van der Waals surface area (Å²) in [5.74, 6) is -0.399. The number of aromatic amines is 1. The number of amides is 4. The van der Waals surface area contributed by atoms with Crippen LogP contribution in [0.5, 0.6) is 5.75 Å². The van der Waals surface area contributed by atoms with E-state index < -0.39 is 18.0 Å². The number of hydrogen-bond donors (Lipinski definition) is 5. The molecule has 0 saturated heterocycles. The fourth-order valence-electron chi connectivity index (χ4n) is 2.16.